The summed E-state index contributed by atoms with van der Waals surface area (Å²) >= 11 is 0. The van der Waals surface area contributed by atoms with E-state index in [9.17, 15) is 37.9 Å². The first-order valence-electron chi connectivity index (χ1n) is 22.5. The van der Waals surface area contributed by atoms with Gasteiger partial charge in [-0.25, -0.2) is 0 Å². The molecule has 0 radical (unpaired) electrons. The van der Waals surface area contributed by atoms with E-state index in [4.69, 9.17) is 18.9 Å². The van der Waals surface area contributed by atoms with Crippen LogP contribution in [0.3, 0.4) is 0 Å². The van der Waals surface area contributed by atoms with E-state index < -0.39 is 71.2 Å². The van der Waals surface area contributed by atoms with Crippen molar-refractivity contribution >= 4 is 22.1 Å². The highest BCUT2D eigenvalue weighted by Gasteiger charge is 2.46. The van der Waals surface area contributed by atoms with Gasteiger partial charge in [0.2, 0.25) is 0 Å². The highest BCUT2D eigenvalue weighted by atomic mass is 32.2. The monoisotopic (exact) mass is 867 g/mol. The lowest BCUT2D eigenvalue weighted by molar-refractivity contribution is -0.297. The highest BCUT2D eigenvalue weighted by molar-refractivity contribution is 7.85. The molecule has 344 valence electrons. The molecule has 0 aliphatic carbocycles. The van der Waals surface area contributed by atoms with Crippen molar-refractivity contribution in [3.63, 3.8) is 0 Å². The molecule has 0 spiro atoms. The predicted molar refractivity (Wildman–Crippen MR) is 238 cm³/mol. The zero-order valence-corrected chi connectivity index (χ0v) is 37.3. The summed E-state index contributed by atoms with van der Waals surface area (Å²) in [5.41, 5.74) is 0. The van der Waals surface area contributed by atoms with E-state index in [1.54, 1.807) is 0 Å². The third kappa shape index (κ3) is 31.0. The molecule has 0 bridgehead atoms. The molecule has 1 aliphatic rings. The van der Waals surface area contributed by atoms with Crippen LogP contribution < -0.4 is 0 Å². The Balaban J connectivity index is 2.51. The number of aliphatic hydroxyl groups excluding tert-OH is 3. The van der Waals surface area contributed by atoms with E-state index in [0.29, 0.717) is 19.3 Å². The number of carbonyl (C=O) groups excluding carboxylic acids is 2. The normalized spacial score (nSPS) is 20.8. The summed E-state index contributed by atoms with van der Waals surface area (Å²) in [5.74, 6) is -2.08. The van der Waals surface area contributed by atoms with Gasteiger partial charge in [0.05, 0.1) is 6.61 Å². The first kappa shape index (κ1) is 55.1. The highest BCUT2D eigenvalue weighted by Crippen LogP contribution is 2.24. The topological polar surface area (TPSA) is 186 Å². The van der Waals surface area contributed by atoms with Gasteiger partial charge >= 0.3 is 11.9 Å². The van der Waals surface area contributed by atoms with Crippen molar-refractivity contribution in [2.24, 2.45) is 0 Å². The van der Waals surface area contributed by atoms with Crippen molar-refractivity contribution in [3.8, 4) is 0 Å². The maximum Gasteiger partial charge on any atom is 0.306 e. The van der Waals surface area contributed by atoms with Gasteiger partial charge in [-0.2, -0.15) is 8.42 Å². The van der Waals surface area contributed by atoms with Crippen LogP contribution in [0.25, 0.3) is 0 Å². The molecule has 1 rings (SSSR count). The summed E-state index contributed by atoms with van der Waals surface area (Å²) in [6.45, 7) is 3.57. The molecule has 1 saturated heterocycles. The Kier molecular flexibility index (Phi) is 33.7. The molecular weight excluding hydrogens is 789 g/mol. The number of esters is 2. The van der Waals surface area contributed by atoms with E-state index in [0.717, 1.165) is 70.6 Å². The zero-order valence-electron chi connectivity index (χ0n) is 36.5. The molecule has 1 heterocycles. The summed E-state index contributed by atoms with van der Waals surface area (Å²) in [4.78, 5) is 25.4. The van der Waals surface area contributed by atoms with Gasteiger partial charge in [-0.1, -0.05) is 138 Å². The van der Waals surface area contributed by atoms with Crippen LogP contribution in [0.5, 0.6) is 0 Å². The fraction of sp³-hybridized carbons (Fsp3) is 0.702. The number of aliphatic hydroxyl groups is 3. The maximum atomic E-state index is 12.8. The molecule has 12 nitrogen and oxygen atoms in total. The molecule has 4 N–H and O–H groups in total. The van der Waals surface area contributed by atoms with Crippen LogP contribution in [0.15, 0.2) is 72.9 Å². The molecule has 0 amide bonds. The molecular formula is C47H78O12S. The molecule has 1 aliphatic heterocycles. The summed E-state index contributed by atoms with van der Waals surface area (Å²) in [5, 5.41) is 30.9. The third-order valence-corrected chi connectivity index (χ3v) is 10.5. The lowest BCUT2D eigenvalue weighted by atomic mass is 10.00. The Bertz CT molecular complexity index is 1390. The van der Waals surface area contributed by atoms with Crippen LogP contribution in [0.2, 0.25) is 0 Å². The average molecular weight is 867 g/mol. The smallest absolute Gasteiger partial charge is 0.306 e. The van der Waals surface area contributed by atoms with Gasteiger partial charge in [-0.05, 0) is 77.0 Å². The van der Waals surface area contributed by atoms with Crippen molar-refractivity contribution in [2.45, 2.75) is 192 Å². The standard InChI is InChI=1S/C47H78O12S/c1-3-5-7-9-11-13-15-17-19-20-22-23-25-27-29-31-33-35-42(48)56-37-40(38-57-47-46(52)45(51)44(50)41(59-47)39-60(53,54)55)58-43(49)36-34-32-30-28-26-24-21-18-16-14-12-10-8-6-4-2/h6,8,12,14,17-19,21-23,27,29,40-41,44-47,50-52H,3-5,7,9-11,13,15-16,20,24-26,28,30-39H2,1-2H3,(H,53,54,55)/b8-6+,14-12+,19-17+,21-18+,23-22+,29-27+/t40-,41-,44-,45?,46?,47+/m1/s1. The number of rotatable bonds is 36. The SMILES string of the molecule is CC/C=C/C/C=C/C/C=C/CCCCCCCC(=O)O[C@H](COC(=O)CCC/C=C/C/C=C/C/C=C/CCCCCCCC)CO[C@H]1O[C@H](CS(=O)(=O)O)[C@@H](O)C(O)C1O. The van der Waals surface area contributed by atoms with Gasteiger partial charge in [-0.3, -0.25) is 14.1 Å². The van der Waals surface area contributed by atoms with E-state index in [-0.39, 0.29) is 19.4 Å². The predicted octanol–water partition coefficient (Wildman–Crippen LogP) is 9.11. The number of carbonyl (C=O) groups is 2. The minimum Gasteiger partial charge on any atom is -0.462 e. The van der Waals surface area contributed by atoms with Crippen LogP contribution in [-0.4, -0.2) is 96.0 Å². The Morgan fingerprint density at radius 2 is 1.07 bits per heavy atom. The number of hydrogen-bond acceptors (Lipinski definition) is 11. The molecule has 1 fully saturated rings. The van der Waals surface area contributed by atoms with Crippen molar-refractivity contribution in [3.05, 3.63) is 72.9 Å². The van der Waals surface area contributed by atoms with Gasteiger partial charge in [-0.15, -0.1) is 0 Å². The molecule has 13 heteroatoms. The van der Waals surface area contributed by atoms with Gasteiger partial charge in [0.15, 0.2) is 12.4 Å². The lowest BCUT2D eigenvalue weighted by Crippen LogP contribution is -2.60. The fourth-order valence-electron chi connectivity index (χ4n) is 6.29. The van der Waals surface area contributed by atoms with Gasteiger partial charge < -0.3 is 34.3 Å². The van der Waals surface area contributed by atoms with E-state index in [2.05, 4.69) is 80.7 Å². The molecule has 0 aromatic rings. The summed E-state index contributed by atoms with van der Waals surface area (Å²) in [7, 11) is -4.61. The molecule has 0 aromatic carbocycles. The van der Waals surface area contributed by atoms with Crippen LogP contribution in [0.1, 0.15) is 155 Å². The van der Waals surface area contributed by atoms with Crippen LogP contribution in [0.4, 0.5) is 0 Å². The Hall–Kier alpha value is -2.91. The van der Waals surface area contributed by atoms with Crippen molar-refractivity contribution in [1.82, 2.24) is 0 Å². The maximum absolute atomic E-state index is 12.8. The van der Waals surface area contributed by atoms with Crippen LogP contribution >= 0.6 is 0 Å². The zero-order chi connectivity index (χ0) is 44.1. The second-order valence-corrected chi connectivity index (χ2v) is 16.8. The minimum absolute atomic E-state index is 0.130. The van der Waals surface area contributed by atoms with Gasteiger partial charge in [0.1, 0.15) is 36.8 Å². The number of hydrogen-bond donors (Lipinski definition) is 4. The van der Waals surface area contributed by atoms with Crippen molar-refractivity contribution in [1.29, 1.82) is 0 Å². The number of allylic oxidation sites excluding steroid dienone is 12. The summed E-state index contributed by atoms with van der Waals surface area (Å²) in [6, 6.07) is 0. The number of unbranched alkanes of at least 4 members (excludes halogenated alkanes) is 12. The van der Waals surface area contributed by atoms with Gasteiger partial charge in [0.25, 0.3) is 10.1 Å². The van der Waals surface area contributed by atoms with Gasteiger partial charge in [0, 0.05) is 12.8 Å². The second-order valence-electron chi connectivity index (χ2n) is 15.3. The average Bonchev–Trinajstić information content (AvgIpc) is 3.21. The van der Waals surface area contributed by atoms with E-state index >= 15 is 0 Å². The Labute approximate surface area is 361 Å². The fourth-order valence-corrected chi connectivity index (χ4v) is 6.98. The lowest BCUT2D eigenvalue weighted by Gasteiger charge is -2.40. The van der Waals surface area contributed by atoms with Crippen molar-refractivity contribution in [2.75, 3.05) is 19.0 Å². The quantitative estimate of drug-likeness (QED) is 0.0203. The van der Waals surface area contributed by atoms with Crippen LogP contribution in [0, 0.1) is 0 Å². The first-order valence-corrected chi connectivity index (χ1v) is 24.1. The molecule has 2 unspecified atom stereocenters. The van der Waals surface area contributed by atoms with Crippen LogP contribution in [-0.2, 0) is 38.7 Å². The number of ether oxygens (including phenoxy) is 4. The first-order chi connectivity index (χ1) is 29.0. The van der Waals surface area contributed by atoms with Crippen molar-refractivity contribution < 1.29 is 56.8 Å². The summed E-state index contributed by atoms with van der Waals surface area (Å²) in [6.07, 6.45) is 36.7. The molecule has 0 aromatic heterocycles. The van der Waals surface area contributed by atoms with E-state index in [1.165, 1.54) is 38.5 Å². The Morgan fingerprint density at radius 1 is 0.583 bits per heavy atom. The van der Waals surface area contributed by atoms with E-state index in [1.807, 2.05) is 6.08 Å². The minimum atomic E-state index is -4.61. The third-order valence-electron chi connectivity index (χ3n) is 9.77. The Morgan fingerprint density at radius 3 is 1.62 bits per heavy atom. The molecule has 0 saturated carbocycles. The molecule has 6 atom stereocenters. The largest absolute Gasteiger partial charge is 0.462 e. The second kappa shape index (κ2) is 36.7. The molecule has 60 heavy (non-hydrogen) atoms. The summed E-state index contributed by atoms with van der Waals surface area (Å²) < 4.78 is 54.0.